The van der Waals surface area contributed by atoms with Crippen molar-refractivity contribution in [2.45, 2.75) is 32.5 Å². The maximum Gasteiger partial charge on any atom is 0.573 e. The fourth-order valence-corrected chi connectivity index (χ4v) is 2.79. The number of nitrogens with zero attached hydrogens (tertiary/aromatic N) is 1. The molecule has 0 spiro atoms. The number of benzene rings is 1. The van der Waals surface area contributed by atoms with E-state index in [1.165, 1.54) is 12.1 Å². The number of amides is 1. The van der Waals surface area contributed by atoms with Crippen LogP contribution in [0.25, 0.3) is 0 Å². The maximum atomic E-state index is 12.4. The Labute approximate surface area is 132 Å². The van der Waals surface area contributed by atoms with Gasteiger partial charge in [-0.2, -0.15) is 0 Å². The Bertz CT molecular complexity index is 528. The molecule has 23 heavy (non-hydrogen) atoms. The lowest BCUT2D eigenvalue weighted by molar-refractivity contribution is -0.274. The van der Waals surface area contributed by atoms with Crippen LogP contribution in [-0.2, 0) is 0 Å². The zero-order chi connectivity index (χ0) is 17.1. The van der Waals surface area contributed by atoms with Crippen LogP contribution in [0.3, 0.4) is 0 Å². The molecule has 1 fully saturated rings. The first-order chi connectivity index (χ1) is 10.8. The predicted molar refractivity (Wildman–Crippen MR) is 78.1 cm³/mol. The number of likely N-dealkylation sites (tertiary alicyclic amines) is 1. The summed E-state index contributed by atoms with van der Waals surface area (Å²) >= 11 is 0. The van der Waals surface area contributed by atoms with Crippen molar-refractivity contribution in [3.63, 3.8) is 0 Å². The number of aliphatic hydroxyl groups is 1. The lowest BCUT2D eigenvalue weighted by Crippen LogP contribution is -2.44. The van der Waals surface area contributed by atoms with Gasteiger partial charge in [0.05, 0.1) is 0 Å². The minimum atomic E-state index is -4.74. The molecule has 1 saturated heterocycles. The highest BCUT2D eigenvalue weighted by molar-refractivity contribution is 5.94. The van der Waals surface area contributed by atoms with Crippen LogP contribution in [0.4, 0.5) is 13.2 Å². The van der Waals surface area contributed by atoms with E-state index in [1.54, 1.807) is 4.90 Å². The monoisotopic (exact) mass is 331 g/mol. The van der Waals surface area contributed by atoms with Gasteiger partial charge in [0.15, 0.2) is 0 Å². The number of hydrogen-bond donors (Lipinski definition) is 1. The Morgan fingerprint density at radius 2 is 1.83 bits per heavy atom. The Morgan fingerprint density at radius 1 is 1.26 bits per heavy atom. The van der Waals surface area contributed by atoms with E-state index in [-0.39, 0.29) is 23.7 Å². The van der Waals surface area contributed by atoms with Crippen LogP contribution in [0.15, 0.2) is 24.3 Å². The summed E-state index contributed by atoms with van der Waals surface area (Å²) in [6.07, 6.45) is -2.44. The van der Waals surface area contributed by atoms with Gasteiger partial charge in [-0.25, -0.2) is 0 Å². The average Bonchev–Trinajstić information content (AvgIpc) is 2.53. The molecule has 0 aromatic heterocycles. The summed E-state index contributed by atoms with van der Waals surface area (Å²) in [5.41, 5.74) is 0.203. The molecule has 0 atom stereocenters. The van der Waals surface area contributed by atoms with Crippen LogP contribution in [0.5, 0.6) is 5.75 Å². The molecule has 0 unspecified atom stereocenters. The van der Waals surface area contributed by atoms with E-state index in [2.05, 4.69) is 4.74 Å². The molecular weight excluding hydrogens is 311 g/mol. The zero-order valence-corrected chi connectivity index (χ0v) is 12.9. The van der Waals surface area contributed by atoms with Gasteiger partial charge in [-0.05, 0) is 48.9 Å². The lowest BCUT2D eigenvalue weighted by atomic mass is 9.77. The van der Waals surface area contributed by atoms with Crippen LogP contribution in [0.1, 0.15) is 36.5 Å². The van der Waals surface area contributed by atoms with Gasteiger partial charge >= 0.3 is 6.36 Å². The first-order valence-electron chi connectivity index (χ1n) is 7.54. The van der Waals surface area contributed by atoms with E-state index < -0.39 is 6.36 Å². The number of halogens is 3. The summed E-state index contributed by atoms with van der Waals surface area (Å²) in [6, 6.07) is 4.93. The molecule has 2 rings (SSSR count). The minimum Gasteiger partial charge on any atom is -0.406 e. The highest BCUT2D eigenvalue weighted by Gasteiger charge is 2.34. The first kappa shape index (κ1) is 17.6. The van der Waals surface area contributed by atoms with Gasteiger partial charge in [-0.1, -0.05) is 6.92 Å². The second-order valence-corrected chi connectivity index (χ2v) is 5.88. The van der Waals surface area contributed by atoms with E-state index in [9.17, 15) is 23.1 Å². The second kappa shape index (κ2) is 6.78. The number of hydrogen-bond acceptors (Lipinski definition) is 3. The molecular formula is C16H20F3NO3. The van der Waals surface area contributed by atoms with Gasteiger partial charge in [-0.15, -0.1) is 13.2 Å². The van der Waals surface area contributed by atoms with Crippen molar-refractivity contribution in [3.05, 3.63) is 29.8 Å². The third kappa shape index (κ3) is 4.37. The van der Waals surface area contributed by atoms with Crippen molar-refractivity contribution in [2.75, 3.05) is 19.7 Å². The van der Waals surface area contributed by atoms with Gasteiger partial charge in [0.1, 0.15) is 5.75 Å². The van der Waals surface area contributed by atoms with Gasteiger partial charge in [0.2, 0.25) is 0 Å². The molecule has 0 aliphatic carbocycles. The molecule has 0 radical (unpaired) electrons. The number of ether oxygens (including phenoxy) is 1. The maximum absolute atomic E-state index is 12.4. The quantitative estimate of drug-likeness (QED) is 0.922. The van der Waals surface area contributed by atoms with Crippen molar-refractivity contribution >= 4 is 5.91 Å². The third-order valence-corrected chi connectivity index (χ3v) is 4.53. The summed E-state index contributed by atoms with van der Waals surface area (Å²) in [6.45, 7) is 3.20. The van der Waals surface area contributed by atoms with Crippen LogP contribution < -0.4 is 4.74 Å². The van der Waals surface area contributed by atoms with Crippen LogP contribution in [-0.4, -0.2) is 42.0 Å². The molecule has 1 N–H and O–H groups in total. The van der Waals surface area contributed by atoms with Crippen LogP contribution in [0.2, 0.25) is 0 Å². The summed E-state index contributed by atoms with van der Waals surface area (Å²) in [7, 11) is 0. The number of alkyl halides is 3. The molecule has 0 saturated carbocycles. The van der Waals surface area contributed by atoms with Crippen LogP contribution in [0, 0.1) is 5.41 Å². The average molecular weight is 331 g/mol. The van der Waals surface area contributed by atoms with Gasteiger partial charge in [-0.3, -0.25) is 4.79 Å². The number of carbonyl (C=O) groups excluding carboxylic acids is 1. The van der Waals surface area contributed by atoms with Gasteiger partial charge < -0.3 is 14.7 Å². The largest absolute Gasteiger partial charge is 0.573 e. The van der Waals surface area contributed by atoms with E-state index in [0.29, 0.717) is 18.7 Å². The fraction of sp³-hybridized carbons (Fsp3) is 0.562. The molecule has 1 heterocycles. The van der Waals surface area contributed by atoms with E-state index in [1.807, 2.05) is 6.92 Å². The lowest BCUT2D eigenvalue weighted by Gasteiger charge is -2.40. The molecule has 1 aliphatic rings. The summed E-state index contributed by atoms with van der Waals surface area (Å²) < 4.78 is 40.1. The summed E-state index contributed by atoms with van der Waals surface area (Å²) in [5.74, 6) is -0.566. The standard InChI is InChI=1S/C16H20F3NO3/c1-2-15(11-21)7-9-20(10-8-15)14(22)12-3-5-13(6-4-12)23-16(17,18)19/h3-6,21H,2,7-11H2,1H3. The highest BCUT2D eigenvalue weighted by atomic mass is 19.4. The Balaban J connectivity index is 1.99. The molecule has 1 amide bonds. The Hall–Kier alpha value is -1.76. The molecule has 128 valence electrons. The zero-order valence-electron chi connectivity index (χ0n) is 12.9. The summed E-state index contributed by atoms with van der Waals surface area (Å²) in [4.78, 5) is 14.1. The number of carbonyl (C=O) groups is 1. The van der Waals surface area contributed by atoms with E-state index >= 15 is 0 Å². The van der Waals surface area contributed by atoms with Crippen LogP contribution >= 0.6 is 0 Å². The van der Waals surface area contributed by atoms with Crippen molar-refractivity contribution in [3.8, 4) is 5.75 Å². The molecule has 1 aromatic rings. The van der Waals surface area contributed by atoms with Crippen molar-refractivity contribution in [2.24, 2.45) is 5.41 Å². The normalized spacial score (nSPS) is 17.9. The highest BCUT2D eigenvalue weighted by Crippen LogP contribution is 2.34. The van der Waals surface area contributed by atoms with Gasteiger partial charge in [0.25, 0.3) is 5.91 Å². The Morgan fingerprint density at radius 3 is 2.26 bits per heavy atom. The molecule has 7 heteroatoms. The predicted octanol–water partition coefficient (Wildman–Crippen LogP) is 3.21. The second-order valence-electron chi connectivity index (χ2n) is 5.88. The van der Waals surface area contributed by atoms with Gasteiger partial charge in [0, 0.05) is 25.3 Å². The molecule has 1 aliphatic heterocycles. The summed E-state index contributed by atoms with van der Waals surface area (Å²) in [5, 5.41) is 9.50. The molecule has 0 bridgehead atoms. The van der Waals surface area contributed by atoms with Crippen molar-refractivity contribution in [1.82, 2.24) is 4.90 Å². The fourth-order valence-electron chi connectivity index (χ4n) is 2.79. The Kier molecular flexibility index (Phi) is 5.19. The smallest absolute Gasteiger partial charge is 0.406 e. The van der Waals surface area contributed by atoms with E-state index in [0.717, 1.165) is 31.4 Å². The SMILES string of the molecule is CCC1(CO)CCN(C(=O)c2ccc(OC(F)(F)F)cc2)CC1. The van der Waals surface area contributed by atoms with Crippen molar-refractivity contribution in [1.29, 1.82) is 0 Å². The third-order valence-electron chi connectivity index (χ3n) is 4.53. The van der Waals surface area contributed by atoms with Crippen molar-refractivity contribution < 1.29 is 27.8 Å². The number of aliphatic hydroxyl groups excluding tert-OH is 1. The molecule has 1 aromatic carbocycles. The van der Waals surface area contributed by atoms with E-state index in [4.69, 9.17) is 0 Å². The molecule has 4 nitrogen and oxygen atoms in total. The number of rotatable bonds is 4. The number of piperidine rings is 1. The topological polar surface area (TPSA) is 49.8 Å². The minimum absolute atomic E-state index is 0.106. The first-order valence-corrected chi connectivity index (χ1v) is 7.54.